The maximum absolute atomic E-state index is 12.4. The first-order chi connectivity index (χ1) is 8.49. The van der Waals surface area contributed by atoms with Gasteiger partial charge in [0.25, 0.3) is 5.91 Å². The van der Waals surface area contributed by atoms with Crippen LogP contribution in [-0.2, 0) is 0 Å². The summed E-state index contributed by atoms with van der Waals surface area (Å²) in [6, 6.07) is 5.27. The van der Waals surface area contributed by atoms with Crippen LogP contribution >= 0.6 is 27.5 Å². The van der Waals surface area contributed by atoms with Gasteiger partial charge in [0.1, 0.15) is 0 Å². The van der Waals surface area contributed by atoms with Crippen LogP contribution in [0.1, 0.15) is 37.6 Å². The van der Waals surface area contributed by atoms with Gasteiger partial charge in [-0.15, -0.1) is 0 Å². The number of amides is 1. The minimum absolute atomic E-state index is 0.0568. The molecule has 1 aromatic rings. The van der Waals surface area contributed by atoms with E-state index in [0.29, 0.717) is 16.5 Å². The fourth-order valence-corrected chi connectivity index (χ4v) is 2.55. The van der Waals surface area contributed by atoms with Crippen molar-refractivity contribution in [2.45, 2.75) is 27.2 Å². The van der Waals surface area contributed by atoms with E-state index < -0.39 is 0 Å². The average molecular weight is 333 g/mol. The summed E-state index contributed by atoms with van der Waals surface area (Å²) in [5.41, 5.74) is 0.671. The molecule has 1 unspecified atom stereocenters. The molecule has 0 aliphatic carbocycles. The second-order valence-electron chi connectivity index (χ2n) is 4.48. The lowest BCUT2D eigenvalue weighted by Crippen LogP contribution is -2.34. The van der Waals surface area contributed by atoms with Crippen molar-refractivity contribution in [3.05, 3.63) is 33.3 Å². The molecule has 0 aromatic heterocycles. The zero-order chi connectivity index (χ0) is 13.7. The Morgan fingerprint density at radius 2 is 2.11 bits per heavy atom. The van der Waals surface area contributed by atoms with Crippen LogP contribution < -0.4 is 0 Å². The van der Waals surface area contributed by atoms with Gasteiger partial charge in [-0.2, -0.15) is 0 Å². The molecule has 0 bridgehead atoms. The van der Waals surface area contributed by atoms with Gasteiger partial charge < -0.3 is 4.90 Å². The Labute approximate surface area is 122 Å². The summed E-state index contributed by atoms with van der Waals surface area (Å²) in [6.45, 7) is 7.82. The molecule has 18 heavy (non-hydrogen) atoms. The van der Waals surface area contributed by atoms with Gasteiger partial charge in [-0.05, 0) is 47.0 Å². The molecule has 0 fully saturated rings. The predicted octanol–water partition coefficient (Wildman–Crippen LogP) is 4.61. The Hall–Kier alpha value is -0.540. The van der Waals surface area contributed by atoms with E-state index in [-0.39, 0.29) is 5.91 Å². The van der Waals surface area contributed by atoms with E-state index in [0.717, 1.165) is 24.0 Å². The lowest BCUT2D eigenvalue weighted by atomic mass is 10.1. The molecule has 0 aliphatic heterocycles. The van der Waals surface area contributed by atoms with Crippen LogP contribution in [0.15, 0.2) is 22.7 Å². The van der Waals surface area contributed by atoms with Crippen molar-refractivity contribution in [3.63, 3.8) is 0 Å². The fourth-order valence-electron chi connectivity index (χ4n) is 1.69. The second kappa shape index (κ2) is 7.15. The largest absolute Gasteiger partial charge is 0.339 e. The van der Waals surface area contributed by atoms with E-state index in [4.69, 9.17) is 11.6 Å². The molecule has 2 nitrogen and oxygen atoms in total. The standard InChI is InChI=1S/C14H19BrClNO/c1-4-10(3)9-17(5-2)14(18)12-7-6-11(16)8-13(12)15/h6-8,10H,4-5,9H2,1-3H3. The van der Waals surface area contributed by atoms with Gasteiger partial charge >= 0.3 is 0 Å². The van der Waals surface area contributed by atoms with E-state index in [1.807, 2.05) is 11.8 Å². The van der Waals surface area contributed by atoms with Gasteiger partial charge in [-0.1, -0.05) is 31.9 Å². The average Bonchev–Trinajstić information content (AvgIpc) is 2.34. The second-order valence-corrected chi connectivity index (χ2v) is 5.77. The summed E-state index contributed by atoms with van der Waals surface area (Å²) in [4.78, 5) is 14.3. The molecule has 100 valence electrons. The van der Waals surface area contributed by atoms with Crippen LogP contribution in [0.3, 0.4) is 0 Å². The number of hydrogen-bond donors (Lipinski definition) is 0. The van der Waals surface area contributed by atoms with Gasteiger partial charge in [-0.25, -0.2) is 0 Å². The normalized spacial score (nSPS) is 12.3. The van der Waals surface area contributed by atoms with E-state index in [9.17, 15) is 4.79 Å². The third-order valence-corrected chi connectivity index (χ3v) is 3.95. The molecule has 4 heteroatoms. The molecular formula is C14H19BrClNO. The lowest BCUT2D eigenvalue weighted by Gasteiger charge is -2.24. The monoisotopic (exact) mass is 331 g/mol. The van der Waals surface area contributed by atoms with Crippen molar-refractivity contribution >= 4 is 33.4 Å². The molecule has 1 atom stereocenters. The summed E-state index contributed by atoms with van der Waals surface area (Å²) in [7, 11) is 0. The van der Waals surface area contributed by atoms with Crippen LogP contribution in [0.2, 0.25) is 5.02 Å². The van der Waals surface area contributed by atoms with Crippen LogP contribution in [0.5, 0.6) is 0 Å². The number of carbonyl (C=O) groups excluding carboxylic acids is 1. The summed E-state index contributed by atoms with van der Waals surface area (Å²) in [5.74, 6) is 0.571. The third-order valence-electron chi connectivity index (χ3n) is 3.06. The Kier molecular flexibility index (Phi) is 6.16. The smallest absolute Gasteiger partial charge is 0.254 e. The minimum atomic E-state index is 0.0568. The number of carbonyl (C=O) groups is 1. The Bertz CT molecular complexity index is 422. The first kappa shape index (κ1) is 15.5. The zero-order valence-electron chi connectivity index (χ0n) is 11.0. The van der Waals surface area contributed by atoms with Gasteiger partial charge in [0.2, 0.25) is 0 Å². The van der Waals surface area contributed by atoms with Crippen molar-refractivity contribution in [2.24, 2.45) is 5.92 Å². The maximum Gasteiger partial charge on any atom is 0.254 e. The van der Waals surface area contributed by atoms with E-state index >= 15 is 0 Å². The molecular weight excluding hydrogens is 314 g/mol. The predicted molar refractivity (Wildman–Crippen MR) is 80.2 cm³/mol. The number of benzene rings is 1. The summed E-state index contributed by atoms with van der Waals surface area (Å²) < 4.78 is 0.752. The van der Waals surface area contributed by atoms with Crippen molar-refractivity contribution in [2.75, 3.05) is 13.1 Å². The van der Waals surface area contributed by atoms with E-state index in [1.54, 1.807) is 18.2 Å². The molecule has 1 rings (SSSR count). The molecule has 0 heterocycles. The molecule has 1 amide bonds. The lowest BCUT2D eigenvalue weighted by molar-refractivity contribution is 0.0740. The van der Waals surface area contributed by atoms with Crippen molar-refractivity contribution in [1.82, 2.24) is 4.90 Å². The van der Waals surface area contributed by atoms with Gasteiger partial charge in [0.15, 0.2) is 0 Å². The zero-order valence-corrected chi connectivity index (χ0v) is 13.4. The quantitative estimate of drug-likeness (QED) is 0.771. The summed E-state index contributed by atoms with van der Waals surface area (Å²) in [5, 5.41) is 0.628. The van der Waals surface area contributed by atoms with Gasteiger partial charge in [0.05, 0.1) is 5.56 Å². The number of halogens is 2. The molecule has 0 spiro atoms. The van der Waals surface area contributed by atoms with E-state index in [1.165, 1.54) is 0 Å². The summed E-state index contributed by atoms with van der Waals surface area (Å²) >= 11 is 9.28. The summed E-state index contributed by atoms with van der Waals surface area (Å²) in [6.07, 6.45) is 1.07. The number of hydrogen-bond acceptors (Lipinski definition) is 1. The molecule has 0 aliphatic rings. The van der Waals surface area contributed by atoms with Crippen LogP contribution in [-0.4, -0.2) is 23.9 Å². The highest BCUT2D eigenvalue weighted by molar-refractivity contribution is 9.10. The maximum atomic E-state index is 12.4. The van der Waals surface area contributed by atoms with Crippen LogP contribution in [0.25, 0.3) is 0 Å². The van der Waals surface area contributed by atoms with Crippen LogP contribution in [0.4, 0.5) is 0 Å². The number of rotatable bonds is 5. The molecule has 0 saturated carbocycles. The van der Waals surface area contributed by atoms with Crippen molar-refractivity contribution in [1.29, 1.82) is 0 Å². The van der Waals surface area contributed by atoms with Crippen molar-refractivity contribution < 1.29 is 4.79 Å². The fraction of sp³-hybridized carbons (Fsp3) is 0.500. The first-order valence-corrected chi connectivity index (χ1v) is 7.41. The molecule has 0 radical (unpaired) electrons. The van der Waals surface area contributed by atoms with Crippen molar-refractivity contribution in [3.8, 4) is 0 Å². The van der Waals surface area contributed by atoms with Crippen LogP contribution in [0, 0.1) is 5.92 Å². The highest BCUT2D eigenvalue weighted by Gasteiger charge is 2.18. The third kappa shape index (κ3) is 3.99. The minimum Gasteiger partial charge on any atom is -0.339 e. The SMILES string of the molecule is CCC(C)CN(CC)C(=O)c1ccc(Cl)cc1Br. The molecule has 0 N–H and O–H groups in total. The molecule has 0 saturated heterocycles. The highest BCUT2D eigenvalue weighted by atomic mass is 79.9. The van der Waals surface area contributed by atoms with Gasteiger partial charge in [-0.3, -0.25) is 4.79 Å². The Morgan fingerprint density at radius 1 is 1.44 bits per heavy atom. The highest BCUT2D eigenvalue weighted by Crippen LogP contribution is 2.23. The topological polar surface area (TPSA) is 20.3 Å². The van der Waals surface area contributed by atoms with E-state index in [2.05, 4.69) is 29.8 Å². The Balaban J connectivity index is 2.89. The van der Waals surface area contributed by atoms with Gasteiger partial charge in [0, 0.05) is 22.6 Å². The molecule has 1 aromatic carbocycles. The Morgan fingerprint density at radius 3 is 2.61 bits per heavy atom. The number of nitrogens with zero attached hydrogens (tertiary/aromatic N) is 1. The first-order valence-electron chi connectivity index (χ1n) is 6.23.